The Balaban J connectivity index is 1.88. The second-order valence-corrected chi connectivity index (χ2v) is 6.89. The summed E-state index contributed by atoms with van der Waals surface area (Å²) in [6, 6.07) is 0.130. The zero-order chi connectivity index (χ0) is 18.2. The van der Waals surface area contributed by atoms with Gasteiger partial charge >= 0.3 is 0 Å². The Kier molecular flexibility index (Phi) is 7.36. The largest absolute Gasteiger partial charge is 0.383 e. The second-order valence-electron chi connectivity index (χ2n) is 6.89. The lowest BCUT2D eigenvalue weighted by Gasteiger charge is -2.25. The molecule has 1 N–H and O–H groups in total. The van der Waals surface area contributed by atoms with E-state index in [1.807, 2.05) is 4.90 Å². The summed E-state index contributed by atoms with van der Waals surface area (Å²) >= 11 is 0. The van der Waals surface area contributed by atoms with Crippen molar-refractivity contribution in [1.82, 2.24) is 25.2 Å². The molecular formula is C17H29N5O3. The Hall–Kier alpha value is -1.96. The molecule has 2 amide bonds. The van der Waals surface area contributed by atoms with Crippen LogP contribution in [0.15, 0.2) is 6.20 Å². The van der Waals surface area contributed by atoms with Gasteiger partial charge in [-0.25, -0.2) is 4.68 Å². The molecule has 1 aliphatic heterocycles. The number of rotatable bonds is 9. The number of carbonyl (C=O) groups excluding carboxylic acids is 2. The van der Waals surface area contributed by atoms with Gasteiger partial charge in [-0.15, -0.1) is 5.10 Å². The number of amides is 2. The Morgan fingerprint density at radius 1 is 1.44 bits per heavy atom. The number of nitrogens with one attached hydrogen (secondary N) is 1. The van der Waals surface area contributed by atoms with Crippen molar-refractivity contribution in [2.75, 3.05) is 26.8 Å². The SMILES string of the molecule is COCCNC(=O)c1cn(CC2CCCN2C(=O)CCC(C)C)nn1. The summed E-state index contributed by atoms with van der Waals surface area (Å²) in [7, 11) is 1.58. The van der Waals surface area contributed by atoms with Gasteiger partial charge in [-0.05, 0) is 25.2 Å². The zero-order valence-corrected chi connectivity index (χ0v) is 15.4. The minimum absolute atomic E-state index is 0.130. The molecular weight excluding hydrogens is 322 g/mol. The van der Waals surface area contributed by atoms with E-state index in [2.05, 4.69) is 29.5 Å². The molecule has 1 atom stereocenters. The van der Waals surface area contributed by atoms with E-state index >= 15 is 0 Å². The monoisotopic (exact) mass is 351 g/mol. The Morgan fingerprint density at radius 3 is 2.96 bits per heavy atom. The number of ether oxygens (including phenoxy) is 1. The van der Waals surface area contributed by atoms with Gasteiger partial charge in [-0.3, -0.25) is 9.59 Å². The fourth-order valence-corrected chi connectivity index (χ4v) is 2.97. The van der Waals surface area contributed by atoms with Crippen LogP contribution < -0.4 is 5.32 Å². The van der Waals surface area contributed by atoms with Gasteiger partial charge in [0, 0.05) is 26.6 Å². The molecule has 1 aromatic heterocycles. The lowest BCUT2D eigenvalue weighted by molar-refractivity contribution is -0.132. The minimum Gasteiger partial charge on any atom is -0.383 e. The van der Waals surface area contributed by atoms with E-state index in [4.69, 9.17) is 4.74 Å². The van der Waals surface area contributed by atoms with Gasteiger partial charge in [-0.2, -0.15) is 0 Å². The van der Waals surface area contributed by atoms with Crippen molar-refractivity contribution in [2.24, 2.45) is 5.92 Å². The first-order valence-electron chi connectivity index (χ1n) is 8.98. The zero-order valence-electron chi connectivity index (χ0n) is 15.4. The highest BCUT2D eigenvalue weighted by molar-refractivity contribution is 5.91. The van der Waals surface area contributed by atoms with E-state index < -0.39 is 0 Å². The molecule has 0 spiro atoms. The van der Waals surface area contributed by atoms with Crippen molar-refractivity contribution < 1.29 is 14.3 Å². The van der Waals surface area contributed by atoms with Crippen molar-refractivity contribution in [3.63, 3.8) is 0 Å². The molecule has 0 aromatic carbocycles. The maximum Gasteiger partial charge on any atom is 0.273 e. The summed E-state index contributed by atoms with van der Waals surface area (Å²) in [6.07, 6.45) is 5.12. The molecule has 0 aliphatic carbocycles. The summed E-state index contributed by atoms with van der Waals surface area (Å²) in [5.74, 6) is 0.480. The van der Waals surface area contributed by atoms with Crippen LogP contribution >= 0.6 is 0 Å². The third-order valence-corrected chi connectivity index (χ3v) is 4.39. The van der Waals surface area contributed by atoms with Crippen molar-refractivity contribution in [3.05, 3.63) is 11.9 Å². The van der Waals surface area contributed by atoms with Crippen molar-refractivity contribution in [1.29, 1.82) is 0 Å². The first-order valence-corrected chi connectivity index (χ1v) is 8.98. The molecule has 8 heteroatoms. The summed E-state index contributed by atoms with van der Waals surface area (Å²) < 4.78 is 6.55. The summed E-state index contributed by atoms with van der Waals surface area (Å²) in [5, 5.41) is 10.7. The molecule has 1 fully saturated rings. The van der Waals surface area contributed by atoms with Crippen LogP contribution in [0.25, 0.3) is 0 Å². The lowest BCUT2D eigenvalue weighted by atomic mass is 10.1. The lowest BCUT2D eigenvalue weighted by Crippen LogP contribution is -2.38. The predicted molar refractivity (Wildman–Crippen MR) is 93.0 cm³/mol. The number of carbonyl (C=O) groups is 2. The van der Waals surface area contributed by atoms with E-state index in [9.17, 15) is 9.59 Å². The van der Waals surface area contributed by atoms with Crippen LogP contribution in [0.5, 0.6) is 0 Å². The quantitative estimate of drug-likeness (QED) is 0.673. The third-order valence-electron chi connectivity index (χ3n) is 4.39. The number of likely N-dealkylation sites (tertiary alicyclic amines) is 1. The van der Waals surface area contributed by atoms with Crippen LogP contribution in [0.2, 0.25) is 0 Å². The van der Waals surface area contributed by atoms with Gasteiger partial charge < -0.3 is 15.0 Å². The van der Waals surface area contributed by atoms with Crippen LogP contribution in [0.4, 0.5) is 0 Å². The summed E-state index contributed by atoms with van der Waals surface area (Å²) in [6.45, 7) is 6.53. The topological polar surface area (TPSA) is 89.4 Å². The highest BCUT2D eigenvalue weighted by Gasteiger charge is 2.29. The van der Waals surface area contributed by atoms with Gasteiger partial charge in [0.25, 0.3) is 5.91 Å². The van der Waals surface area contributed by atoms with E-state index in [0.717, 1.165) is 25.8 Å². The van der Waals surface area contributed by atoms with Gasteiger partial charge in [0.15, 0.2) is 5.69 Å². The molecule has 0 bridgehead atoms. The van der Waals surface area contributed by atoms with E-state index in [1.165, 1.54) is 0 Å². The minimum atomic E-state index is -0.264. The van der Waals surface area contributed by atoms with Crippen LogP contribution in [0, 0.1) is 5.92 Å². The first-order chi connectivity index (χ1) is 12.0. The molecule has 1 unspecified atom stereocenters. The molecule has 1 saturated heterocycles. The van der Waals surface area contributed by atoms with Crippen molar-refractivity contribution in [2.45, 2.75) is 52.1 Å². The smallest absolute Gasteiger partial charge is 0.273 e. The number of methoxy groups -OCH3 is 1. The Labute approximate surface area is 148 Å². The van der Waals surface area contributed by atoms with Gasteiger partial charge in [0.2, 0.25) is 5.91 Å². The predicted octanol–water partition coefficient (Wildman–Crippen LogP) is 1.08. The summed E-state index contributed by atoms with van der Waals surface area (Å²) in [4.78, 5) is 26.3. The number of hydrogen-bond acceptors (Lipinski definition) is 5. The molecule has 0 radical (unpaired) electrons. The first kappa shape index (κ1) is 19.4. The van der Waals surface area contributed by atoms with E-state index in [0.29, 0.717) is 32.0 Å². The standard InChI is InChI=1S/C17H29N5O3/c1-13(2)6-7-16(23)22-9-4-5-14(22)11-21-12-15(19-20-21)17(24)18-8-10-25-3/h12-14H,4-11H2,1-3H3,(H,18,24). The van der Waals surface area contributed by atoms with Crippen LogP contribution in [-0.4, -0.2) is 64.6 Å². The molecule has 8 nitrogen and oxygen atoms in total. The van der Waals surface area contributed by atoms with Gasteiger partial charge in [0.1, 0.15) is 0 Å². The molecule has 1 aromatic rings. The number of hydrogen-bond donors (Lipinski definition) is 1. The average Bonchev–Trinajstić information content (AvgIpc) is 3.22. The van der Waals surface area contributed by atoms with Crippen molar-refractivity contribution >= 4 is 11.8 Å². The highest BCUT2D eigenvalue weighted by Crippen LogP contribution is 2.21. The fraction of sp³-hybridized carbons (Fsp3) is 0.765. The highest BCUT2D eigenvalue weighted by atomic mass is 16.5. The maximum atomic E-state index is 12.4. The Bertz CT molecular complexity index is 572. The van der Waals surface area contributed by atoms with Crippen molar-refractivity contribution in [3.8, 4) is 0 Å². The molecule has 2 rings (SSSR count). The molecule has 25 heavy (non-hydrogen) atoms. The molecule has 1 aliphatic rings. The third kappa shape index (κ3) is 5.81. The number of nitrogens with zero attached hydrogens (tertiary/aromatic N) is 4. The summed E-state index contributed by atoms with van der Waals surface area (Å²) in [5.41, 5.74) is 0.284. The van der Waals surface area contributed by atoms with E-state index in [1.54, 1.807) is 18.0 Å². The number of aromatic nitrogens is 3. The average molecular weight is 351 g/mol. The van der Waals surface area contributed by atoms with Crippen LogP contribution in [-0.2, 0) is 16.1 Å². The van der Waals surface area contributed by atoms with Gasteiger partial charge in [-0.1, -0.05) is 19.1 Å². The maximum absolute atomic E-state index is 12.4. The molecule has 2 heterocycles. The fourth-order valence-electron chi connectivity index (χ4n) is 2.97. The Morgan fingerprint density at radius 2 is 2.24 bits per heavy atom. The van der Waals surface area contributed by atoms with Crippen LogP contribution in [0.1, 0.15) is 50.0 Å². The van der Waals surface area contributed by atoms with Crippen LogP contribution in [0.3, 0.4) is 0 Å². The van der Waals surface area contributed by atoms with Gasteiger partial charge in [0.05, 0.1) is 25.4 Å². The second kappa shape index (κ2) is 9.50. The molecule has 0 saturated carbocycles. The van der Waals surface area contributed by atoms with E-state index in [-0.39, 0.29) is 23.6 Å². The molecule has 140 valence electrons. The normalized spacial score (nSPS) is 17.3.